The molecule has 0 aliphatic heterocycles. The Bertz CT molecular complexity index is 678. The highest BCUT2D eigenvalue weighted by Crippen LogP contribution is 2.37. The number of halogens is 3. The molecule has 96 valence electrons. The smallest absolute Gasteiger partial charge is 0.123 e. The highest BCUT2D eigenvalue weighted by atomic mass is 35.5. The molecule has 2 N–H and O–H groups in total. The molecule has 2 rings (SSSR count). The van der Waals surface area contributed by atoms with Crippen LogP contribution in [0.4, 0.5) is 5.82 Å². The zero-order valence-corrected chi connectivity index (χ0v) is 11.9. The summed E-state index contributed by atoms with van der Waals surface area (Å²) in [5.74, 6) is 0.346. The Morgan fingerprint density at radius 1 is 1.16 bits per heavy atom. The highest BCUT2D eigenvalue weighted by molar-refractivity contribution is 6.45. The lowest BCUT2D eigenvalue weighted by Crippen LogP contribution is -1.98. The maximum atomic E-state index is 8.84. The van der Waals surface area contributed by atoms with E-state index in [0.717, 1.165) is 0 Å². The van der Waals surface area contributed by atoms with Gasteiger partial charge in [-0.25, -0.2) is 4.98 Å². The van der Waals surface area contributed by atoms with Crippen molar-refractivity contribution >= 4 is 40.6 Å². The normalized spacial score (nSPS) is 10.2. The average Bonchev–Trinajstić information content (AvgIpc) is 2.35. The van der Waals surface area contributed by atoms with Crippen LogP contribution in [0.5, 0.6) is 0 Å². The Kier molecular flexibility index (Phi) is 4.16. The van der Waals surface area contributed by atoms with Gasteiger partial charge in [0.05, 0.1) is 28.2 Å². The molecule has 3 nitrogen and oxygen atoms in total. The van der Waals surface area contributed by atoms with Crippen molar-refractivity contribution in [1.29, 1.82) is 5.26 Å². The molecular weight excluding hydrogens is 305 g/mol. The van der Waals surface area contributed by atoms with Gasteiger partial charge in [-0.15, -0.1) is 0 Å². The second kappa shape index (κ2) is 5.66. The van der Waals surface area contributed by atoms with Crippen LogP contribution in [0.15, 0.2) is 24.3 Å². The summed E-state index contributed by atoms with van der Waals surface area (Å²) in [6.07, 6.45) is 0.126. The molecule has 2 aromatic rings. The van der Waals surface area contributed by atoms with E-state index in [9.17, 15) is 0 Å². The molecule has 0 atom stereocenters. The number of anilines is 1. The number of nitriles is 1. The van der Waals surface area contributed by atoms with E-state index in [0.29, 0.717) is 37.7 Å². The van der Waals surface area contributed by atoms with Crippen molar-refractivity contribution in [3.63, 3.8) is 0 Å². The van der Waals surface area contributed by atoms with Crippen LogP contribution < -0.4 is 5.73 Å². The number of rotatable bonds is 2. The Balaban J connectivity index is 2.69. The summed E-state index contributed by atoms with van der Waals surface area (Å²) in [6, 6.07) is 8.68. The summed E-state index contributed by atoms with van der Waals surface area (Å²) < 4.78 is 0. The minimum atomic E-state index is 0.126. The molecule has 6 heteroatoms. The quantitative estimate of drug-likeness (QED) is 0.838. The molecular formula is C13H8Cl3N3. The van der Waals surface area contributed by atoms with E-state index in [1.165, 1.54) is 0 Å². The lowest BCUT2D eigenvalue weighted by molar-refractivity contribution is 1.13. The molecule has 0 saturated carbocycles. The first-order valence-corrected chi connectivity index (χ1v) is 6.43. The zero-order chi connectivity index (χ0) is 14.0. The number of aromatic nitrogens is 1. The SMILES string of the molecule is N#CCc1nc(N)ccc1-c1cc(Cl)cc(Cl)c1Cl. The molecule has 19 heavy (non-hydrogen) atoms. The summed E-state index contributed by atoms with van der Waals surface area (Å²) in [5, 5.41) is 10.0. The first-order valence-electron chi connectivity index (χ1n) is 5.30. The lowest BCUT2D eigenvalue weighted by atomic mass is 10.0. The van der Waals surface area contributed by atoms with Gasteiger partial charge < -0.3 is 5.73 Å². The van der Waals surface area contributed by atoms with Crippen molar-refractivity contribution in [3.05, 3.63) is 45.0 Å². The van der Waals surface area contributed by atoms with Crippen LogP contribution >= 0.6 is 34.8 Å². The number of nitrogen functional groups attached to an aromatic ring is 1. The predicted molar refractivity (Wildman–Crippen MR) is 78.4 cm³/mol. The van der Waals surface area contributed by atoms with E-state index in [2.05, 4.69) is 4.98 Å². The fourth-order valence-corrected chi connectivity index (χ4v) is 2.43. The van der Waals surface area contributed by atoms with Crippen molar-refractivity contribution < 1.29 is 0 Å². The van der Waals surface area contributed by atoms with E-state index >= 15 is 0 Å². The van der Waals surface area contributed by atoms with Gasteiger partial charge in [0.2, 0.25) is 0 Å². The first kappa shape index (κ1) is 14.0. The standard InChI is InChI=1S/C13H8Cl3N3/c14-7-5-9(13(16)10(15)6-7)8-1-2-12(18)19-11(8)3-4-17/h1-2,5-6H,3H2,(H2,18,19). The summed E-state index contributed by atoms with van der Waals surface area (Å²) in [7, 11) is 0. The maximum absolute atomic E-state index is 8.84. The molecule has 0 fully saturated rings. The van der Waals surface area contributed by atoms with E-state index in [1.807, 2.05) is 6.07 Å². The zero-order valence-electron chi connectivity index (χ0n) is 9.62. The van der Waals surface area contributed by atoms with Gasteiger partial charge in [-0.05, 0) is 24.3 Å². The molecule has 0 unspecified atom stereocenters. The third kappa shape index (κ3) is 2.93. The van der Waals surface area contributed by atoms with Gasteiger partial charge in [-0.2, -0.15) is 5.26 Å². The van der Waals surface area contributed by atoms with Crippen molar-refractivity contribution in [2.45, 2.75) is 6.42 Å². The van der Waals surface area contributed by atoms with Gasteiger partial charge in [0.25, 0.3) is 0 Å². The van der Waals surface area contributed by atoms with Crippen molar-refractivity contribution in [3.8, 4) is 17.2 Å². The molecule has 1 heterocycles. The van der Waals surface area contributed by atoms with Gasteiger partial charge in [-0.3, -0.25) is 0 Å². The van der Waals surface area contributed by atoms with Crippen LogP contribution in [0, 0.1) is 11.3 Å². The summed E-state index contributed by atoms with van der Waals surface area (Å²) in [6.45, 7) is 0. The number of nitrogens with zero attached hydrogens (tertiary/aromatic N) is 2. The van der Waals surface area contributed by atoms with E-state index in [1.54, 1.807) is 24.3 Å². The molecule has 1 aromatic carbocycles. The predicted octanol–water partition coefficient (Wildman–Crippen LogP) is 4.36. The fraction of sp³-hybridized carbons (Fsp3) is 0.0769. The third-order valence-electron chi connectivity index (χ3n) is 2.53. The fourth-order valence-electron chi connectivity index (χ4n) is 1.73. The van der Waals surface area contributed by atoms with Gasteiger partial charge in [-0.1, -0.05) is 34.8 Å². The molecule has 0 aliphatic rings. The Labute approximate surface area is 125 Å². The minimum absolute atomic E-state index is 0.126. The van der Waals surface area contributed by atoms with Gasteiger partial charge in [0.15, 0.2) is 0 Å². The Morgan fingerprint density at radius 3 is 2.58 bits per heavy atom. The van der Waals surface area contributed by atoms with Crippen molar-refractivity contribution in [2.75, 3.05) is 5.73 Å². The van der Waals surface area contributed by atoms with Crippen LogP contribution in [0.1, 0.15) is 5.69 Å². The molecule has 0 saturated heterocycles. The van der Waals surface area contributed by atoms with Gasteiger partial charge in [0, 0.05) is 16.1 Å². The molecule has 0 spiro atoms. The Morgan fingerprint density at radius 2 is 1.89 bits per heavy atom. The van der Waals surface area contributed by atoms with Crippen molar-refractivity contribution in [2.24, 2.45) is 0 Å². The maximum Gasteiger partial charge on any atom is 0.123 e. The third-order valence-corrected chi connectivity index (χ3v) is 3.55. The van der Waals surface area contributed by atoms with Gasteiger partial charge >= 0.3 is 0 Å². The summed E-state index contributed by atoms with van der Waals surface area (Å²) in [5.41, 5.74) is 7.51. The number of nitrogens with two attached hydrogens (primary N) is 1. The largest absolute Gasteiger partial charge is 0.384 e. The van der Waals surface area contributed by atoms with E-state index in [-0.39, 0.29) is 6.42 Å². The lowest BCUT2D eigenvalue weighted by Gasteiger charge is -2.11. The minimum Gasteiger partial charge on any atom is -0.384 e. The summed E-state index contributed by atoms with van der Waals surface area (Å²) >= 11 is 18.2. The second-order valence-corrected chi connectivity index (χ2v) is 5.04. The van der Waals surface area contributed by atoms with Crippen LogP contribution in [-0.2, 0) is 6.42 Å². The number of pyridine rings is 1. The highest BCUT2D eigenvalue weighted by Gasteiger charge is 2.14. The van der Waals surface area contributed by atoms with Crippen LogP contribution in [0.2, 0.25) is 15.1 Å². The topological polar surface area (TPSA) is 62.7 Å². The van der Waals surface area contributed by atoms with Crippen LogP contribution in [0.25, 0.3) is 11.1 Å². The Hall–Kier alpha value is -1.47. The monoisotopic (exact) mass is 311 g/mol. The number of hydrogen-bond donors (Lipinski definition) is 1. The molecule has 0 radical (unpaired) electrons. The van der Waals surface area contributed by atoms with Gasteiger partial charge in [0.1, 0.15) is 5.82 Å². The average molecular weight is 313 g/mol. The van der Waals surface area contributed by atoms with E-state index < -0.39 is 0 Å². The summed E-state index contributed by atoms with van der Waals surface area (Å²) in [4.78, 5) is 4.15. The van der Waals surface area contributed by atoms with Crippen LogP contribution in [0.3, 0.4) is 0 Å². The molecule has 1 aromatic heterocycles. The second-order valence-electron chi connectivity index (χ2n) is 3.81. The van der Waals surface area contributed by atoms with Crippen LogP contribution in [-0.4, -0.2) is 4.98 Å². The molecule has 0 bridgehead atoms. The number of benzene rings is 1. The molecule has 0 aliphatic carbocycles. The molecule has 0 amide bonds. The van der Waals surface area contributed by atoms with E-state index in [4.69, 9.17) is 45.8 Å². The van der Waals surface area contributed by atoms with Crippen molar-refractivity contribution in [1.82, 2.24) is 4.98 Å². The number of hydrogen-bond acceptors (Lipinski definition) is 3. The first-order chi connectivity index (χ1) is 9.02.